The molecule has 1 aromatic carbocycles. The van der Waals surface area contributed by atoms with Crippen LogP contribution in [0.4, 0.5) is 0 Å². The predicted molar refractivity (Wildman–Crippen MR) is 113 cm³/mol. The zero-order chi connectivity index (χ0) is 21.5. The first-order valence-corrected chi connectivity index (χ1v) is 10.6. The van der Waals surface area contributed by atoms with E-state index in [1.54, 1.807) is 24.3 Å². The molecule has 3 N–H and O–H groups in total. The zero-order valence-corrected chi connectivity index (χ0v) is 18.3. The predicted octanol–water partition coefficient (Wildman–Crippen LogP) is 0.503. The van der Waals surface area contributed by atoms with Gasteiger partial charge in [0.1, 0.15) is 25.1 Å². The van der Waals surface area contributed by atoms with E-state index < -0.39 is 24.3 Å². The fourth-order valence-electron chi connectivity index (χ4n) is 3.23. The quantitative estimate of drug-likeness (QED) is 0.331. The van der Waals surface area contributed by atoms with Gasteiger partial charge in [-0.2, -0.15) is 0 Å². The van der Waals surface area contributed by atoms with Gasteiger partial charge in [0.2, 0.25) is 11.8 Å². The first-order valence-electron chi connectivity index (χ1n) is 9.54. The second-order valence-corrected chi connectivity index (χ2v) is 8.06. The molecule has 0 aromatic heterocycles. The van der Waals surface area contributed by atoms with Gasteiger partial charge < -0.3 is 30.0 Å². The highest BCUT2D eigenvalue weighted by Gasteiger charge is 2.42. The summed E-state index contributed by atoms with van der Waals surface area (Å²) in [7, 11) is 0. The van der Waals surface area contributed by atoms with E-state index in [9.17, 15) is 14.4 Å². The first-order chi connectivity index (χ1) is 14.5. The number of halogens is 1. The Morgan fingerprint density at radius 3 is 2.80 bits per heavy atom. The highest BCUT2D eigenvalue weighted by Crippen LogP contribution is 2.30. The topological polar surface area (TPSA) is 123 Å². The summed E-state index contributed by atoms with van der Waals surface area (Å²) in [5.41, 5.74) is 0.838. The lowest BCUT2D eigenvalue weighted by molar-refractivity contribution is -0.121. The molecule has 1 heterocycles. The minimum absolute atomic E-state index is 0.0586. The summed E-state index contributed by atoms with van der Waals surface area (Å²) >= 11 is 2.12. The number of carbonyl (C=O) groups is 3. The molecule has 2 amide bonds. The number of benzene rings is 1. The van der Waals surface area contributed by atoms with Gasteiger partial charge in [-0.1, -0.05) is 6.07 Å². The Kier molecular flexibility index (Phi) is 8.19. The molecule has 162 valence electrons. The molecule has 2 aliphatic rings. The van der Waals surface area contributed by atoms with Crippen molar-refractivity contribution in [2.75, 3.05) is 26.5 Å². The molecule has 1 fully saturated rings. The smallest absolute Gasteiger partial charge is 0.338 e. The lowest BCUT2D eigenvalue weighted by atomic mass is 9.91. The number of aliphatic hydroxyl groups is 1. The Bertz CT molecular complexity index is 829. The van der Waals surface area contributed by atoms with Crippen LogP contribution in [0, 0.1) is 3.57 Å². The van der Waals surface area contributed by atoms with Crippen LogP contribution in [0.25, 0.3) is 0 Å². The average Bonchev–Trinajstić information content (AvgIpc) is 3.21. The third-order valence-corrected chi connectivity index (χ3v) is 5.35. The fraction of sp³-hybridized carbons (Fsp3) is 0.450. The van der Waals surface area contributed by atoms with E-state index in [1.807, 2.05) is 6.07 Å². The molecule has 1 aromatic rings. The molecule has 0 bridgehead atoms. The van der Waals surface area contributed by atoms with Crippen molar-refractivity contribution in [2.24, 2.45) is 0 Å². The normalized spacial score (nSPS) is 22.6. The molecule has 1 aliphatic heterocycles. The molecule has 3 atom stereocenters. The Balaban J connectivity index is 1.59. The third kappa shape index (κ3) is 6.00. The number of ether oxygens (including phenoxy) is 3. The highest BCUT2D eigenvalue weighted by atomic mass is 127. The van der Waals surface area contributed by atoms with Crippen LogP contribution in [0.5, 0.6) is 0 Å². The monoisotopic (exact) mass is 530 g/mol. The lowest BCUT2D eigenvalue weighted by Crippen LogP contribution is -2.43. The van der Waals surface area contributed by atoms with E-state index in [0.717, 1.165) is 3.57 Å². The van der Waals surface area contributed by atoms with Gasteiger partial charge in [0.05, 0.1) is 12.2 Å². The number of hydrogen-bond acceptors (Lipinski definition) is 7. The fourth-order valence-corrected chi connectivity index (χ4v) is 3.78. The van der Waals surface area contributed by atoms with Crippen molar-refractivity contribution in [1.29, 1.82) is 0 Å². The number of aliphatic hydroxyl groups excluding tert-OH is 1. The average molecular weight is 530 g/mol. The summed E-state index contributed by atoms with van der Waals surface area (Å²) in [5.74, 6) is -1.11. The molecule has 0 spiro atoms. The zero-order valence-electron chi connectivity index (χ0n) is 16.1. The number of carbonyl (C=O) groups excluding carboxylic acids is 3. The molecule has 0 unspecified atom stereocenters. The van der Waals surface area contributed by atoms with Gasteiger partial charge in [-0.05, 0) is 46.9 Å². The lowest BCUT2D eigenvalue weighted by Gasteiger charge is -2.30. The van der Waals surface area contributed by atoms with Crippen LogP contribution >= 0.6 is 22.6 Å². The van der Waals surface area contributed by atoms with E-state index in [0.29, 0.717) is 11.1 Å². The standard InChI is InChI=1S/C20H23IN2O7/c21-14-3-1-2-12(8-14)20(27)30-16-10-13(9-15-18(16)29-11-28-15)19(26)23-5-4-17(25)22-6-7-24/h1-3,8-9,15-16,18,24H,4-7,10-11H2,(H,22,25)(H,23,26)/t15-,16-,18-/m1/s1. The summed E-state index contributed by atoms with van der Waals surface area (Å²) in [4.78, 5) is 36.7. The summed E-state index contributed by atoms with van der Waals surface area (Å²) in [6, 6.07) is 7.03. The molecule has 30 heavy (non-hydrogen) atoms. The maximum atomic E-state index is 12.6. The van der Waals surface area contributed by atoms with Crippen LogP contribution in [0.15, 0.2) is 35.9 Å². The van der Waals surface area contributed by atoms with Gasteiger partial charge in [0, 0.05) is 35.1 Å². The SMILES string of the molecule is O=C(CCNC(=O)C1=C[C@H]2OCO[C@H]2[C@H](OC(=O)c2cccc(I)c2)C1)NCCO. The molecular weight excluding hydrogens is 507 g/mol. The Morgan fingerprint density at radius 1 is 1.20 bits per heavy atom. The van der Waals surface area contributed by atoms with Crippen molar-refractivity contribution in [3.63, 3.8) is 0 Å². The van der Waals surface area contributed by atoms with Crippen molar-refractivity contribution in [3.05, 3.63) is 45.0 Å². The summed E-state index contributed by atoms with van der Waals surface area (Å²) in [6.45, 7) is 0.235. The van der Waals surface area contributed by atoms with Crippen LogP contribution in [-0.2, 0) is 23.8 Å². The van der Waals surface area contributed by atoms with Crippen LogP contribution < -0.4 is 10.6 Å². The Morgan fingerprint density at radius 2 is 2.03 bits per heavy atom. The Labute approximate surface area is 187 Å². The van der Waals surface area contributed by atoms with Crippen LogP contribution in [0.1, 0.15) is 23.2 Å². The molecule has 3 rings (SSSR count). The number of nitrogens with one attached hydrogen (secondary N) is 2. The summed E-state index contributed by atoms with van der Waals surface area (Å²) in [5, 5.41) is 13.9. The van der Waals surface area contributed by atoms with Crippen molar-refractivity contribution in [1.82, 2.24) is 10.6 Å². The van der Waals surface area contributed by atoms with E-state index in [4.69, 9.17) is 19.3 Å². The van der Waals surface area contributed by atoms with Crippen LogP contribution in [-0.4, -0.2) is 67.7 Å². The van der Waals surface area contributed by atoms with Gasteiger partial charge >= 0.3 is 5.97 Å². The minimum Gasteiger partial charge on any atom is -0.456 e. The van der Waals surface area contributed by atoms with Crippen molar-refractivity contribution in [2.45, 2.75) is 31.2 Å². The first kappa shape index (κ1) is 22.7. The van der Waals surface area contributed by atoms with E-state index >= 15 is 0 Å². The van der Waals surface area contributed by atoms with Gasteiger partial charge in [0.25, 0.3) is 0 Å². The largest absolute Gasteiger partial charge is 0.456 e. The molecular formula is C20H23IN2O7. The van der Waals surface area contributed by atoms with Gasteiger partial charge in [-0.15, -0.1) is 0 Å². The van der Waals surface area contributed by atoms with Gasteiger partial charge in [-0.3, -0.25) is 9.59 Å². The number of hydrogen-bond donors (Lipinski definition) is 3. The second-order valence-electron chi connectivity index (χ2n) is 6.81. The second kappa shape index (κ2) is 10.8. The Hall–Kier alpha value is -2.02. The maximum absolute atomic E-state index is 12.6. The summed E-state index contributed by atoms with van der Waals surface area (Å²) < 4.78 is 17.6. The minimum atomic E-state index is -0.665. The highest BCUT2D eigenvalue weighted by molar-refractivity contribution is 14.1. The third-order valence-electron chi connectivity index (χ3n) is 4.68. The number of fused-ring (bicyclic) bond motifs is 1. The van der Waals surface area contributed by atoms with Crippen LogP contribution in [0.2, 0.25) is 0 Å². The number of esters is 1. The number of rotatable bonds is 8. The van der Waals surface area contributed by atoms with E-state index in [-0.39, 0.29) is 51.1 Å². The molecule has 1 saturated heterocycles. The van der Waals surface area contributed by atoms with Crippen molar-refractivity contribution < 1.29 is 33.7 Å². The summed E-state index contributed by atoms with van der Waals surface area (Å²) in [6.07, 6.45) is 0.327. The molecule has 9 nitrogen and oxygen atoms in total. The van der Waals surface area contributed by atoms with Crippen molar-refractivity contribution in [3.8, 4) is 0 Å². The maximum Gasteiger partial charge on any atom is 0.338 e. The van der Waals surface area contributed by atoms with E-state index in [2.05, 4.69) is 33.2 Å². The molecule has 1 aliphatic carbocycles. The molecule has 0 saturated carbocycles. The van der Waals surface area contributed by atoms with Crippen LogP contribution in [0.3, 0.4) is 0 Å². The number of amides is 2. The molecule has 10 heteroatoms. The van der Waals surface area contributed by atoms with Gasteiger partial charge in [-0.25, -0.2) is 4.79 Å². The van der Waals surface area contributed by atoms with E-state index in [1.165, 1.54) is 0 Å². The van der Waals surface area contributed by atoms with Gasteiger partial charge in [0.15, 0.2) is 0 Å². The van der Waals surface area contributed by atoms with Crippen molar-refractivity contribution >= 4 is 40.4 Å². The molecule has 0 radical (unpaired) electrons.